The zero-order chi connectivity index (χ0) is 30.6. The summed E-state index contributed by atoms with van der Waals surface area (Å²) in [4.78, 5) is 48.6. The molecule has 2 bridgehead atoms. The third kappa shape index (κ3) is 5.43. The molecule has 3 heterocycles. The molecule has 8 nitrogen and oxygen atoms in total. The summed E-state index contributed by atoms with van der Waals surface area (Å²) in [7, 11) is 0. The Bertz CT molecular complexity index is 1320. The lowest BCUT2D eigenvalue weighted by molar-refractivity contribution is -0.151. The van der Waals surface area contributed by atoms with Gasteiger partial charge in [0.25, 0.3) is 0 Å². The molecule has 0 radical (unpaired) electrons. The van der Waals surface area contributed by atoms with Crippen LogP contribution in [0.1, 0.15) is 50.6 Å². The largest absolute Gasteiger partial charge is 0.394 e. The van der Waals surface area contributed by atoms with Crippen LogP contribution in [0.5, 0.6) is 0 Å². The van der Waals surface area contributed by atoms with Gasteiger partial charge in [-0.1, -0.05) is 80.4 Å². The minimum absolute atomic E-state index is 0.213. The summed E-state index contributed by atoms with van der Waals surface area (Å²) < 4.78 is 6.71. The van der Waals surface area contributed by atoms with Crippen molar-refractivity contribution in [2.24, 2.45) is 11.8 Å². The van der Waals surface area contributed by atoms with E-state index in [-0.39, 0.29) is 30.9 Å². The first-order chi connectivity index (χ1) is 20.9. The standard InChI is InChI=1S/C35H43N3O5/c1-4-7-14-23-36(21-5-2)34(42)31-35-20-19-28(43-35)29(32(40)37(22-6-3)26-17-12-9-13-18-26)30(35)33(41)38(31)27(24-39)25-15-10-8-11-16-25/h5-6,8-13,15-18,27-31,39H,2-4,7,14,19-24H2,1H3/t27-,28-,29+,30+,31?,35?/m1/s1. The number of unbranched alkanes of at least 4 members (excludes halogenated alkanes) is 2. The highest BCUT2D eigenvalue weighted by Crippen LogP contribution is 2.60. The molecule has 1 spiro atoms. The first-order valence-corrected chi connectivity index (χ1v) is 15.5. The highest BCUT2D eigenvalue weighted by Gasteiger charge is 2.75. The second-order valence-corrected chi connectivity index (χ2v) is 11.8. The molecule has 43 heavy (non-hydrogen) atoms. The summed E-state index contributed by atoms with van der Waals surface area (Å²) in [6.45, 7) is 10.6. The van der Waals surface area contributed by atoms with Gasteiger partial charge in [-0.25, -0.2) is 0 Å². The van der Waals surface area contributed by atoms with E-state index in [4.69, 9.17) is 4.74 Å². The van der Waals surface area contributed by atoms with E-state index in [1.54, 1.807) is 26.9 Å². The maximum Gasteiger partial charge on any atom is 0.248 e. The van der Waals surface area contributed by atoms with Crippen LogP contribution in [-0.2, 0) is 19.1 Å². The molecule has 2 aromatic rings. The number of amides is 3. The molecule has 1 N–H and O–H groups in total. The van der Waals surface area contributed by atoms with E-state index in [1.165, 1.54) is 0 Å². The molecule has 228 valence electrons. The van der Waals surface area contributed by atoms with E-state index in [0.717, 1.165) is 24.8 Å². The minimum Gasteiger partial charge on any atom is -0.394 e. The fourth-order valence-corrected chi connectivity index (χ4v) is 7.43. The summed E-state index contributed by atoms with van der Waals surface area (Å²) in [6.07, 6.45) is 6.76. The lowest BCUT2D eigenvalue weighted by Crippen LogP contribution is -2.57. The number of para-hydroxylation sites is 1. The first kappa shape index (κ1) is 30.7. The maximum absolute atomic E-state index is 14.7. The van der Waals surface area contributed by atoms with Crippen molar-refractivity contribution in [3.05, 3.63) is 91.5 Å². The Morgan fingerprint density at radius 1 is 1.05 bits per heavy atom. The molecular formula is C35H43N3O5. The van der Waals surface area contributed by atoms with Crippen molar-refractivity contribution >= 4 is 23.4 Å². The lowest BCUT2D eigenvalue weighted by atomic mass is 9.70. The van der Waals surface area contributed by atoms with E-state index < -0.39 is 35.6 Å². The van der Waals surface area contributed by atoms with Gasteiger partial charge in [0.15, 0.2) is 0 Å². The minimum atomic E-state index is -1.16. The number of fused-ring (bicyclic) bond motifs is 1. The van der Waals surface area contributed by atoms with Crippen LogP contribution in [0.3, 0.4) is 0 Å². The van der Waals surface area contributed by atoms with E-state index >= 15 is 0 Å². The van der Waals surface area contributed by atoms with Crippen molar-refractivity contribution in [3.63, 3.8) is 0 Å². The second kappa shape index (κ2) is 13.3. The summed E-state index contributed by atoms with van der Waals surface area (Å²) >= 11 is 0. The fraction of sp³-hybridized carbons (Fsp3) is 0.457. The number of aliphatic hydroxyl groups is 1. The SMILES string of the molecule is C=CCN(CCCCC)C(=O)C1N([C@H](CO)c2ccccc2)C(=O)[C@@H]2[C@@H](C(=O)N(CC=C)c3ccccc3)[C@H]3CCC12O3. The summed E-state index contributed by atoms with van der Waals surface area (Å²) in [6, 6.07) is 16.9. The zero-order valence-corrected chi connectivity index (χ0v) is 25.0. The molecule has 0 saturated carbocycles. The molecule has 5 rings (SSSR count). The molecule has 3 fully saturated rings. The highest BCUT2D eigenvalue weighted by molar-refractivity contribution is 6.03. The number of hydrogen-bond acceptors (Lipinski definition) is 5. The first-order valence-electron chi connectivity index (χ1n) is 15.5. The normalized spacial score (nSPS) is 26.2. The quantitative estimate of drug-likeness (QED) is 0.260. The van der Waals surface area contributed by atoms with Gasteiger partial charge in [-0.2, -0.15) is 0 Å². The van der Waals surface area contributed by atoms with E-state index in [1.807, 2.05) is 60.7 Å². The monoisotopic (exact) mass is 585 g/mol. The number of anilines is 1. The second-order valence-electron chi connectivity index (χ2n) is 11.8. The molecule has 6 atom stereocenters. The molecule has 3 aliphatic rings. The molecule has 3 saturated heterocycles. The average molecular weight is 586 g/mol. The number of ether oxygens (including phenoxy) is 1. The van der Waals surface area contributed by atoms with Crippen LogP contribution in [0.4, 0.5) is 5.69 Å². The van der Waals surface area contributed by atoms with Gasteiger partial charge >= 0.3 is 0 Å². The van der Waals surface area contributed by atoms with Crippen LogP contribution in [0, 0.1) is 11.8 Å². The predicted octanol–water partition coefficient (Wildman–Crippen LogP) is 4.52. The van der Waals surface area contributed by atoms with Gasteiger partial charge in [0.05, 0.1) is 30.6 Å². The van der Waals surface area contributed by atoms with Crippen molar-refractivity contribution in [1.82, 2.24) is 9.80 Å². The molecular weight excluding hydrogens is 542 g/mol. The van der Waals surface area contributed by atoms with Gasteiger partial charge in [-0.05, 0) is 37.0 Å². The number of benzene rings is 2. The molecule has 3 amide bonds. The maximum atomic E-state index is 14.7. The third-order valence-corrected chi connectivity index (χ3v) is 9.29. The van der Waals surface area contributed by atoms with Crippen LogP contribution in [0.2, 0.25) is 0 Å². The summed E-state index contributed by atoms with van der Waals surface area (Å²) in [5.74, 6) is -2.36. The number of carbonyl (C=O) groups is 3. The Hall–Kier alpha value is -3.75. The van der Waals surface area contributed by atoms with Crippen molar-refractivity contribution in [2.75, 3.05) is 31.1 Å². The van der Waals surface area contributed by atoms with Crippen molar-refractivity contribution in [3.8, 4) is 0 Å². The fourth-order valence-electron chi connectivity index (χ4n) is 7.43. The van der Waals surface area contributed by atoms with Gasteiger partial charge in [0.1, 0.15) is 11.6 Å². The Morgan fingerprint density at radius 2 is 1.72 bits per heavy atom. The van der Waals surface area contributed by atoms with Crippen molar-refractivity contribution < 1.29 is 24.2 Å². The molecule has 3 aliphatic heterocycles. The Labute approximate surface area is 254 Å². The number of aliphatic hydroxyl groups excluding tert-OH is 1. The number of likely N-dealkylation sites (tertiary alicyclic amines) is 1. The van der Waals surface area contributed by atoms with Gasteiger partial charge in [-0.15, -0.1) is 13.2 Å². The molecule has 0 aromatic heterocycles. The summed E-state index contributed by atoms with van der Waals surface area (Å²) in [5, 5.41) is 10.7. The van der Waals surface area contributed by atoms with Crippen LogP contribution in [0.25, 0.3) is 0 Å². The predicted molar refractivity (Wildman–Crippen MR) is 166 cm³/mol. The van der Waals surface area contributed by atoms with Crippen LogP contribution < -0.4 is 4.90 Å². The smallest absolute Gasteiger partial charge is 0.248 e. The van der Waals surface area contributed by atoms with E-state index in [0.29, 0.717) is 31.6 Å². The Kier molecular flexibility index (Phi) is 9.47. The Morgan fingerprint density at radius 3 is 2.35 bits per heavy atom. The van der Waals surface area contributed by atoms with E-state index in [2.05, 4.69) is 20.1 Å². The van der Waals surface area contributed by atoms with Crippen LogP contribution >= 0.6 is 0 Å². The average Bonchev–Trinajstić information content (AvgIpc) is 3.68. The van der Waals surface area contributed by atoms with Gasteiger partial charge in [0, 0.05) is 25.3 Å². The number of carbonyl (C=O) groups excluding carboxylic acids is 3. The van der Waals surface area contributed by atoms with Crippen LogP contribution in [-0.4, -0.2) is 76.6 Å². The van der Waals surface area contributed by atoms with Crippen molar-refractivity contribution in [1.29, 1.82) is 0 Å². The molecule has 2 aromatic carbocycles. The zero-order valence-electron chi connectivity index (χ0n) is 25.0. The highest BCUT2D eigenvalue weighted by atomic mass is 16.5. The van der Waals surface area contributed by atoms with E-state index in [9.17, 15) is 19.5 Å². The molecule has 2 unspecified atom stereocenters. The van der Waals surface area contributed by atoms with Gasteiger partial charge < -0.3 is 24.5 Å². The Balaban J connectivity index is 1.59. The van der Waals surface area contributed by atoms with Gasteiger partial charge in [0.2, 0.25) is 17.7 Å². The number of nitrogens with zero attached hydrogens (tertiary/aromatic N) is 3. The van der Waals surface area contributed by atoms with Crippen LogP contribution in [0.15, 0.2) is 86.0 Å². The lowest BCUT2D eigenvalue weighted by Gasteiger charge is -2.39. The summed E-state index contributed by atoms with van der Waals surface area (Å²) in [5.41, 5.74) is 0.274. The van der Waals surface area contributed by atoms with Crippen molar-refractivity contribution in [2.45, 2.75) is 62.8 Å². The molecule has 8 heteroatoms. The topological polar surface area (TPSA) is 90.4 Å². The number of rotatable bonds is 14. The molecule has 0 aliphatic carbocycles. The number of hydrogen-bond donors (Lipinski definition) is 1. The van der Waals surface area contributed by atoms with Gasteiger partial charge in [-0.3, -0.25) is 14.4 Å². The third-order valence-electron chi connectivity index (χ3n) is 9.29.